The van der Waals surface area contributed by atoms with Crippen molar-refractivity contribution in [1.82, 2.24) is 14.7 Å². The zero-order valence-electron chi connectivity index (χ0n) is 14.7. The maximum atomic E-state index is 10.4. The summed E-state index contributed by atoms with van der Waals surface area (Å²) in [6.07, 6.45) is 8.79. The first-order chi connectivity index (χ1) is 12.0. The van der Waals surface area contributed by atoms with Crippen LogP contribution in [-0.2, 0) is 14.4 Å². The average Bonchev–Trinajstić information content (AvgIpc) is 3.22. The largest absolute Gasteiger partial charge is 0.493 e. The first kappa shape index (κ1) is 16.1. The molecule has 2 aliphatic heterocycles. The molecule has 1 saturated heterocycles. The van der Waals surface area contributed by atoms with Crippen LogP contribution in [0.15, 0.2) is 18.5 Å². The number of aromatic amines is 1. The van der Waals surface area contributed by atoms with E-state index in [1.165, 1.54) is 0 Å². The van der Waals surface area contributed by atoms with Gasteiger partial charge in [-0.25, -0.2) is 4.98 Å². The Kier molecular flexibility index (Phi) is 3.38. The Balaban J connectivity index is 1.45. The summed E-state index contributed by atoms with van der Waals surface area (Å²) in [5, 5.41) is 11.5. The summed E-state index contributed by atoms with van der Waals surface area (Å²) in [7, 11) is -2.06. The molecule has 1 aliphatic carbocycles. The number of H-pyrrole nitrogens is 1. The molecule has 25 heavy (non-hydrogen) atoms. The highest BCUT2D eigenvalue weighted by molar-refractivity contribution is 8.27. The van der Waals surface area contributed by atoms with Gasteiger partial charge in [-0.15, -0.1) is 0 Å². The number of aromatic nitrogens is 2. The van der Waals surface area contributed by atoms with E-state index in [0.717, 1.165) is 60.2 Å². The highest BCUT2D eigenvalue weighted by Crippen LogP contribution is 2.66. The SMILES string of the molecule is CCCOS1(C)CC2(CN1)CC1(C2)OB(O)c2cnc3[nH]ccc3c21. The minimum Gasteiger partial charge on any atom is -0.423 e. The summed E-state index contributed by atoms with van der Waals surface area (Å²) in [5.74, 6) is 1.07. The van der Waals surface area contributed by atoms with Crippen molar-refractivity contribution in [2.75, 3.05) is 25.2 Å². The third kappa shape index (κ3) is 2.25. The molecule has 0 amide bonds. The van der Waals surface area contributed by atoms with E-state index in [1.54, 1.807) is 6.20 Å². The molecule has 2 aromatic rings. The fourth-order valence-corrected chi connectivity index (χ4v) is 7.93. The summed E-state index contributed by atoms with van der Waals surface area (Å²) >= 11 is 0. The standard InChI is InChI=1S/C17H24BN3O3S/c1-3-6-23-25(2)11-16(10-21-25)8-17(9-16)14-12-4-5-19-15(12)20-7-13(14)18(22)24-17/h4-5,7,21-22H,3,6,8-11H2,1-2H3,(H,19,20). The third-order valence-corrected chi connectivity index (χ3v) is 8.48. The van der Waals surface area contributed by atoms with Crippen LogP contribution in [0.3, 0.4) is 0 Å². The Bertz CT molecular complexity index is 838. The summed E-state index contributed by atoms with van der Waals surface area (Å²) < 4.78 is 15.9. The average molecular weight is 361 g/mol. The molecule has 4 heterocycles. The van der Waals surface area contributed by atoms with Gasteiger partial charge in [0.05, 0.1) is 12.2 Å². The fourth-order valence-electron chi connectivity index (χ4n) is 5.04. The van der Waals surface area contributed by atoms with Gasteiger partial charge in [0, 0.05) is 41.0 Å². The van der Waals surface area contributed by atoms with Gasteiger partial charge in [0.15, 0.2) is 0 Å². The van der Waals surface area contributed by atoms with Gasteiger partial charge in [0.25, 0.3) is 0 Å². The van der Waals surface area contributed by atoms with Gasteiger partial charge in [-0.3, -0.25) is 4.72 Å². The lowest BCUT2D eigenvalue weighted by molar-refractivity contribution is -0.0987. The minimum atomic E-state index is -1.19. The van der Waals surface area contributed by atoms with Gasteiger partial charge in [-0.1, -0.05) is 17.4 Å². The van der Waals surface area contributed by atoms with E-state index in [9.17, 15) is 5.02 Å². The van der Waals surface area contributed by atoms with Crippen LogP contribution < -0.4 is 10.2 Å². The van der Waals surface area contributed by atoms with Crippen LogP contribution >= 0.6 is 10.5 Å². The summed E-state index contributed by atoms with van der Waals surface area (Å²) in [4.78, 5) is 7.58. The molecule has 0 radical (unpaired) electrons. The molecule has 1 saturated carbocycles. The highest BCUT2D eigenvalue weighted by atomic mass is 32.3. The second-order valence-corrected chi connectivity index (χ2v) is 10.8. The Labute approximate surface area is 149 Å². The lowest BCUT2D eigenvalue weighted by atomic mass is 9.57. The van der Waals surface area contributed by atoms with Gasteiger partial charge in [-0.05, 0) is 37.1 Å². The maximum absolute atomic E-state index is 10.4. The summed E-state index contributed by atoms with van der Waals surface area (Å²) in [6, 6.07) is 2.04. The number of nitrogens with one attached hydrogen (secondary N) is 2. The zero-order valence-corrected chi connectivity index (χ0v) is 15.5. The van der Waals surface area contributed by atoms with E-state index in [1.807, 2.05) is 12.3 Å². The molecule has 2 aromatic heterocycles. The molecule has 1 unspecified atom stereocenters. The predicted molar refractivity (Wildman–Crippen MR) is 101 cm³/mol. The summed E-state index contributed by atoms with van der Waals surface area (Å²) in [6.45, 7) is 3.93. The molecule has 6 nitrogen and oxygen atoms in total. The summed E-state index contributed by atoms with van der Waals surface area (Å²) in [5.41, 5.74) is 2.66. The van der Waals surface area contributed by atoms with Gasteiger partial charge < -0.3 is 18.8 Å². The molecular formula is C17H24BN3O3S. The number of rotatable bonds is 3. The lowest BCUT2D eigenvalue weighted by Crippen LogP contribution is -2.53. The molecule has 0 bridgehead atoms. The van der Waals surface area contributed by atoms with Crippen LogP contribution in [0.25, 0.3) is 11.0 Å². The van der Waals surface area contributed by atoms with Crippen molar-refractivity contribution in [2.45, 2.75) is 31.8 Å². The first-order valence-corrected chi connectivity index (χ1v) is 11.1. The van der Waals surface area contributed by atoms with Gasteiger partial charge in [-0.2, -0.15) is 0 Å². The third-order valence-electron chi connectivity index (χ3n) is 5.88. The van der Waals surface area contributed by atoms with Crippen molar-refractivity contribution in [3.63, 3.8) is 0 Å². The van der Waals surface area contributed by atoms with Crippen LogP contribution in [0.1, 0.15) is 31.7 Å². The topological polar surface area (TPSA) is 79.4 Å². The van der Waals surface area contributed by atoms with Crippen molar-refractivity contribution in [1.29, 1.82) is 0 Å². The molecular weight excluding hydrogens is 337 g/mol. The molecule has 8 heteroatoms. The predicted octanol–water partition coefficient (Wildman–Crippen LogP) is 1.55. The lowest BCUT2D eigenvalue weighted by Gasteiger charge is -2.53. The van der Waals surface area contributed by atoms with Crippen molar-refractivity contribution in [2.24, 2.45) is 5.41 Å². The van der Waals surface area contributed by atoms with E-state index in [0.29, 0.717) is 0 Å². The van der Waals surface area contributed by atoms with E-state index in [-0.39, 0.29) is 11.0 Å². The molecule has 5 rings (SSSR count). The molecule has 134 valence electrons. The number of hydrogen-bond donors (Lipinski definition) is 3. The van der Waals surface area contributed by atoms with Crippen LogP contribution in [0.5, 0.6) is 0 Å². The Morgan fingerprint density at radius 2 is 2.32 bits per heavy atom. The quantitative estimate of drug-likeness (QED) is 0.723. The van der Waals surface area contributed by atoms with Crippen LogP contribution in [-0.4, -0.2) is 47.3 Å². The highest BCUT2D eigenvalue weighted by Gasteiger charge is 2.64. The Morgan fingerprint density at radius 1 is 1.48 bits per heavy atom. The van der Waals surface area contributed by atoms with E-state index >= 15 is 0 Å². The minimum absolute atomic E-state index is 0.213. The van der Waals surface area contributed by atoms with Gasteiger partial charge >= 0.3 is 7.12 Å². The van der Waals surface area contributed by atoms with Crippen molar-refractivity contribution >= 4 is 34.1 Å². The van der Waals surface area contributed by atoms with Crippen molar-refractivity contribution in [3.8, 4) is 0 Å². The molecule has 3 N–H and O–H groups in total. The monoisotopic (exact) mass is 361 g/mol. The molecule has 0 aromatic carbocycles. The normalized spacial score (nSPS) is 39.1. The maximum Gasteiger partial charge on any atom is 0.493 e. The molecule has 3 aliphatic rings. The molecule has 2 fully saturated rings. The molecule has 2 spiro atoms. The fraction of sp³-hybridized carbons (Fsp3) is 0.588. The smallest absolute Gasteiger partial charge is 0.423 e. The van der Waals surface area contributed by atoms with Crippen LogP contribution in [0.4, 0.5) is 0 Å². The number of hydrogen-bond acceptors (Lipinski definition) is 5. The van der Waals surface area contributed by atoms with E-state index < -0.39 is 17.6 Å². The second-order valence-electron chi connectivity index (χ2n) is 7.94. The number of nitrogens with zero attached hydrogens (tertiary/aromatic N) is 1. The van der Waals surface area contributed by atoms with Gasteiger partial charge in [0.2, 0.25) is 0 Å². The second kappa shape index (κ2) is 5.23. The van der Waals surface area contributed by atoms with E-state index in [4.69, 9.17) is 8.84 Å². The van der Waals surface area contributed by atoms with Gasteiger partial charge in [0.1, 0.15) is 5.65 Å². The number of pyridine rings is 1. The first-order valence-electron chi connectivity index (χ1n) is 8.96. The van der Waals surface area contributed by atoms with Crippen LogP contribution in [0, 0.1) is 5.41 Å². The van der Waals surface area contributed by atoms with Crippen LogP contribution in [0.2, 0.25) is 0 Å². The van der Waals surface area contributed by atoms with Crippen molar-refractivity contribution < 1.29 is 13.9 Å². The zero-order chi connectivity index (χ0) is 17.3. The van der Waals surface area contributed by atoms with Crippen molar-refractivity contribution in [3.05, 3.63) is 24.0 Å². The van der Waals surface area contributed by atoms with E-state index in [2.05, 4.69) is 27.9 Å². The molecule has 1 atom stereocenters. The number of fused-ring (bicyclic) bond motifs is 4. The Hall–Kier alpha value is -1.06. The Morgan fingerprint density at radius 3 is 3.12 bits per heavy atom.